The molecule has 28 heavy (non-hydrogen) atoms. The van der Waals surface area contributed by atoms with Crippen molar-refractivity contribution in [3.63, 3.8) is 0 Å². The fourth-order valence-corrected chi connectivity index (χ4v) is 5.18. The summed E-state index contributed by atoms with van der Waals surface area (Å²) in [5.74, 6) is 0. The van der Waals surface area contributed by atoms with Gasteiger partial charge >= 0.3 is 6.03 Å². The second kappa shape index (κ2) is 9.13. The van der Waals surface area contributed by atoms with Gasteiger partial charge in [-0.25, -0.2) is 13.2 Å². The highest BCUT2D eigenvalue weighted by Crippen LogP contribution is 2.28. The molecular formula is C19H21Cl2N3O3S. The van der Waals surface area contributed by atoms with Crippen molar-refractivity contribution in [1.29, 1.82) is 0 Å². The average Bonchev–Trinajstić information content (AvgIpc) is 2.70. The lowest BCUT2D eigenvalue weighted by atomic mass is 10.1. The number of carbonyl (C=O) groups excluding carboxylic acids is 1. The Morgan fingerprint density at radius 2 is 1.68 bits per heavy atom. The number of nitrogens with zero attached hydrogens (tertiary/aromatic N) is 2. The Labute approximate surface area is 175 Å². The van der Waals surface area contributed by atoms with Gasteiger partial charge in [0.25, 0.3) is 0 Å². The molecule has 0 unspecified atom stereocenters. The third kappa shape index (κ3) is 4.97. The Bertz CT molecular complexity index is 931. The molecule has 1 fully saturated rings. The van der Waals surface area contributed by atoms with E-state index >= 15 is 0 Å². The molecule has 2 aromatic rings. The normalized spacial score (nSPS) is 15.4. The summed E-state index contributed by atoms with van der Waals surface area (Å²) in [4.78, 5) is 13.9. The molecule has 1 heterocycles. The Kier molecular flexibility index (Phi) is 6.82. The zero-order chi connectivity index (χ0) is 20.1. The minimum atomic E-state index is -3.76. The van der Waals surface area contributed by atoms with Crippen molar-refractivity contribution in [1.82, 2.24) is 14.5 Å². The molecule has 1 aliphatic rings. The molecule has 0 radical (unpaired) electrons. The number of hydrogen-bond donors (Lipinski definition) is 1. The molecule has 3 rings (SSSR count). The zero-order valence-electron chi connectivity index (χ0n) is 15.1. The van der Waals surface area contributed by atoms with Crippen LogP contribution in [0.15, 0.2) is 53.4 Å². The van der Waals surface area contributed by atoms with Gasteiger partial charge < -0.3 is 10.2 Å². The van der Waals surface area contributed by atoms with Crippen molar-refractivity contribution in [2.24, 2.45) is 0 Å². The van der Waals surface area contributed by atoms with E-state index in [9.17, 15) is 13.2 Å². The van der Waals surface area contributed by atoms with Gasteiger partial charge in [-0.05, 0) is 30.2 Å². The molecule has 6 nitrogen and oxygen atoms in total. The van der Waals surface area contributed by atoms with Crippen LogP contribution in [0.4, 0.5) is 4.79 Å². The summed E-state index contributed by atoms with van der Waals surface area (Å²) >= 11 is 12.0. The highest BCUT2D eigenvalue weighted by atomic mass is 35.5. The number of benzene rings is 2. The predicted molar refractivity (Wildman–Crippen MR) is 110 cm³/mol. The van der Waals surface area contributed by atoms with Gasteiger partial charge in [0.15, 0.2) is 0 Å². The minimum absolute atomic E-state index is 0.0116. The van der Waals surface area contributed by atoms with Crippen LogP contribution in [0.1, 0.15) is 5.56 Å². The standard InChI is InChI=1S/C19H21Cl2N3O3S/c20-16-6-7-17(21)18(14-16)28(26,27)24-12-10-23(11-13-24)19(25)22-9-8-15-4-2-1-3-5-15/h1-7,14H,8-13H2,(H,22,25). The fourth-order valence-electron chi connectivity index (χ4n) is 3.02. The van der Waals surface area contributed by atoms with Crippen molar-refractivity contribution in [2.75, 3.05) is 32.7 Å². The largest absolute Gasteiger partial charge is 0.338 e. The summed E-state index contributed by atoms with van der Waals surface area (Å²) in [6, 6.07) is 14.1. The number of halogens is 2. The van der Waals surface area contributed by atoms with Crippen molar-refractivity contribution in [3.05, 3.63) is 64.1 Å². The van der Waals surface area contributed by atoms with E-state index in [1.165, 1.54) is 16.4 Å². The number of sulfonamides is 1. The molecule has 1 saturated heterocycles. The first-order valence-corrected chi connectivity index (χ1v) is 11.1. The maximum Gasteiger partial charge on any atom is 0.317 e. The minimum Gasteiger partial charge on any atom is -0.338 e. The van der Waals surface area contributed by atoms with E-state index < -0.39 is 10.0 Å². The Hall–Kier alpha value is -1.80. The number of carbonyl (C=O) groups is 1. The predicted octanol–water partition coefficient (Wildman–Crippen LogP) is 3.25. The summed E-state index contributed by atoms with van der Waals surface area (Å²) in [6.07, 6.45) is 0.744. The first kappa shape index (κ1) is 20.9. The van der Waals surface area contributed by atoms with Crippen molar-refractivity contribution >= 4 is 39.3 Å². The van der Waals surface area contributed by atoms with E-state index in [1.54, 1.807) is 11.0 Å². The molecule has 2 aromatic carbocycles. The van der Waals surface area contributed by atoms with E-state index in [1.807, 2.05) is 30.3 Å². The highest BCUT2D eigenvalue weighted by molar-refractivity contribution is 7.89. The third-order valence-corrected chi connectivity index (χ3v) is 7.18. The summed E-state index contributed by atoms with van der Waals surface area (Å²) in [6.45, 7) is 1.57. The van der Waals surface area contributed by atoms with Gasteiger partial charge in [-0.3, -0.25) is 0 Å². The smallest absolute Gasteiger partial charge is 0.317 e. The highest BCUT2D eigenvalue weighted by Gasteiger charge is 2.31. The number of amides is 2. The molecule has 2 amide bonds. The molecule has 0 saturated carbocycles. The molecule has 0 aromatic heterocycles. The van der Waals surface area contributed by atoms with Gasteiger partial charge in [0.05, 0.1) is 5.02 Å². The molecule has 0 bridgehead atoms. The van der Waals surface area contributed by atoms with E-state index in [-0.39, 0.29) is 29.0 Å². The molecule has 150 valence electrons. The molecular weight excluding hydrogens is 421 g/mol. The van der Waals surface area contributed by atoms with Crippen LogP contribution in [0.2, 0.25) is 10.0 Å². The lowest BCUT2D eigenvalue weighted by Crippen LogP contribution is -2.53. The monoisotopic (exact) mass is 441 g/mol. The average molecular weight is 442 g/mol. The molecule has 1 aliphatic heterocycles. The zero-order valence-corrected chi connectivity index (χ0v) is 17.5. The van der Waals surface area contributed by atoms with Crippen LogP contribution in [0.3, 0.4) is 0 Å². The van der Waals surface area contributed by atoms with E-state index in [2.05, 4.69) is 5.32 Å². The molecule has 0 atom stereocenters. The summed E-state index contributed by atoms with van der Waals surface area (Å²) in [5.41, 5.74) is 1.15. The van der Waals surface area contributed by atoms with Crippen LogP contribution in [0.5, 0.6) is 0 Å². The second-order valence-electron chi connectivity index (χ2n) is 6.43. The van der Waals surface area contributed by atoms with Gasteiger partial charge in [-0.15, -0.1) is 0 Å². The lowest BCUT2D eigenvalue weighted by Gasteiger charge is -2.34. The number of urea groups is 1. The number of hydrogen-bond acceptors (Lipinski definition) is 3. The van der Waals surface area contributed by atoms with Gasteiger partial charge in [-0.2, -0.15) is 4.31 Å². The summed E-state index contributed by atoms with van der Waals surface area (Å²) in [7, 11) is -3.76. The van der Waals surface area contributed by atoms with E-state index in [0.717, 1.165) is 12.0 Å². The van der Waals surface area contributed by atoms with Crippen LogP contribution in [-0.2, 0) is 16.4 Å². The summed E-state index contributed by atoms with van der Waals surface area (Å²) < 4.78 is 27.0. The molecule has 0 aliphatic carbocycles. The summed E-state index contributed by atoms with van der Waals surface area (Å²) in [5, 5.41) is 3.32. The Morgan fingerprint density at radius 3 is 2.36 bits per heavy atom. The van der Waals surface area contributed by atoms with Gasteiger partial charge in [-0.1, -0.05) is 53.5 Å². The van der Waals surface area contributed by atoms with Gasteiger partial charge in [0.2, 0.25) is 10.0 Å². The first-order chi connectivity index (χ1) is 13.4. The second-order valence-corrected chi connectivity index (χ2v) is 9.18. The number of piperazine rings is 1. The fraction of sp³-hybridized carbons (Fsp3) is 0.316. The topological polar surface area (TPSA) is 69.7 Å². The molecule has 9 heteroatoms. The van der Waals surface area contributed by atoms with Crippen molar-refractivity contribution < 1.29 is 13.2 Å². The van der Waals surface area contributed by atoms with Gasteiger partial charge in [0, 0.05) is 37.7 Å². The molecule has 0 spiro atoms. The maximum atomic E-state index is 12.8. The van der Waals surface area contributed by atoms with E-state index in [0.29, 0.717) is 24.7 Å². The number of nitrogens with one attached hydrogen (secondary N) is 1. The SMILES string of the molecule is O=C(NCCc1ccccc1)N1CCN(S(=O)(=O)c2cc(Cl)ccc2Cl)CC1. The van der Waals surface area contributed by atoms with Crippen LogP contribution in [0.25, 0.3) is 0 Å². The van der Waals surface area contributed by atoms with Crippen LogP contribution in [0, 0.1) is 0 Å². The maximum absolute atomic E-state index is 12.8. The van der Waals surface area contributed by atoms with E-state index in [4.69, 9.17) is 23.2 Å². The van der Waals surface area contributed by atoms with Crippen molar-refractivity contribution in [3.8, 4) is 0 Å². The molecule has 1 N–H and O–H groups in total. The van der Waals surface area contributed by atoms with Gasteiger partial charge in [0.1, 0.15) is 4.90 Å². The van der Waals surface area contributed by atoms with Crippen LogP contribution < -0.4 is 5.32 Å². The van der Waals surface area contributed by atoms with Crippen LogP contribution >= 0.6 is 23.2 Å². The van der Waals surface area contributed by atoms with Crippen LogP contribution in [-0.4, -0.2) is 56.4 Å². The third-order valence-electron chi connectivity index (χ3n) is 4.57. The quantitative estimate of drug-likeness (QED) is 0.773. The van der Waals surface area contributed by atoms with Crippen molar-refractivity contribution in [2.45, 2.75) is 11.3 Å². The lowest BCUT2D eigenvalue weighted by molar-refractivity contribution is 0.172. The Balaban J connectivity index is 1.53. The number of rotatable bonds is 5. The Morgan fingerprint density at radius 1 is 1.00 bits per heavy atom. The first-order valence-electron chi connectivity index (χ1n) is 8.90.